The monoisotopic (exact) mass is 320 g/mol. The summed E-state index contributed by atoms with van der Waals surface area (Å²) in [6, 6.07) is 5.73. The van der Waals surface area contributed by atoms with Crippen molar-refractivity contribution in [3.63, 3.8) is 0 Å². The summed E-state index contributed by atoms with van der Waals surface area (Å²) in [6.45, 7) is 3.18. The average Bonchev–Trinajstić information content (AvgIpc) is 2.37. The van der Waals surface area contributed by atoms with Gasteiger partial charge in [0, 0.05) is 10.6 Å². The lowest BCUT2D eigenvalue weighted by molar-refractivity contribution is 0.296. The quantitative estimate of drug-likeness (QED) is 0.474. The molecule has 0 aliphatic rings. The van der Waals surface area contributed by atoms with Gasteiger partial charge in [0.15, 0.2) is 0 Å². The van der Waals surface area contributed by atoms with Crippen LogP contribution >= 0.6 is 29.9 Å². The zero-order valence-electron chi connectivity index (χ0n) is 11.8. The summed E-state index contributed by atoms with van der Waals surface area (Å²) < 4.78 is 23.5. The van der Waals surface area contributed by atoms with E-state index in [4.69, 9.17) is 9.05 Å². The number of benzene rings is 1. The molecule has 1 unspecified atom stereocenters. The summed E-state index contributed by atoms with van der Waals surface area (Å²) in [5, 5.41) is 0. The van der Waals surface area contributed by atoms with E-state index in [0.29, 0.717) is 12.4 Å². The normalized spacial score (nSPS) is 14.1. The Labute approximate surface area is 124 Å². The lowest BCUT2D eigenvalue weighted by Crippen LogP contribution is -1.96. The Morgan fingerprint density at radius 3 is 2.58 bits per heavy atom. The summed E-state index contributed by atoms with van der Waals surface area (Å²) in [5.74, 6) is 1.37. The van der Waals surface area contributed by atoms with Crippen molar-refractivity contribution in [2.24, 2.45) is 0 Å². The van der Waals surface area contributed by atoms with Crippen LogP contribution in [0.5, 0.6) is 5.75 Å². The molecule has 19 heavy (non-hydrogen) atoms. The Morgan fingerprint density at radius 2 is 2.05 bits per heavy atom. The second-order valence-corrected chi connectivity index (χ2v) is 8.89. The van der Waals surface area contributed by atoms with E-state index in [1.165, 1.54) is 16.3 Å². The SMILES string of the molecule is CCCSP(=O)(OCC)Oc1ccc(SC)c(C)c1. The van der Waals surface area contributed by atoms with Crippen molar-refractivity contribution in [3.8, 4) is 5.75 Å². The van der Waals surface area contributed by atoms with E-state index in [-0.39, 0.29) is 0 Å². The van der Waals surface area contributed by atoms with Crippen LogP contribution in [-0.4, -0.2) is 18.6 Å². The first-order chi connectivity index (χ1) is 9.04. The van der Waals surface area contributed by atoms with Crippen LogP contribution in [0.4, 0.5) is 0 Å². The molecule has 0 spiro atoms. The average molecular weight is 320 g/mol. The molecule has 1 rings (SSSR count). The zero-order valence-corrected chi connectivity index (χ0v) is 14.4. The van der Waals surface area contributed by atoms with Crippen molar-refractivity contribution < 1.29 is 13.6 Å². The van der Waals surface area contributed by atoms with E-state index in [1.54, 1.807) is 11.8 Å². The summed E-state index contributed by atoms with van der Waals surface area (Å²) in [6.07, 6.45) is 2.97. The van der Waals surface area contributed by atoms with Crippen LogP contribution in [0.2, 0.25) is 0 Å². The van der Waals surface area contributed by atoms with E-state index in [1.807, 2.05) is 45.2 Å². The number of rotatable bonds is 8. The number of thioether (sulfide) groups is 1. The van der Waals surface area contributed by atoms with Gasteiger partial charge in [-0.05, 0) is 61.7 Å². The molecule has 1 aromatic rings. The second kappa shape index (κ2) is 8.25. The highest BCUT2D eigenvalue weighted by Crippen LogP contribution is 2.60. The smallest absolute Gasteiger partial charge is 0.417 e. The minimum Gasteiger partial charge on any atom is -0.417 e. The van der Waals surface area contributed by atoms with E-state index < -0.39 is 6.80 Å². The first-order valence-electron chi connectivity index (χ1n) is 6.28. The molecular weight excluding hydrogens is 299 g/mol. The Kier molecular flexibility index (Phi) is 7.37. The number of hydrogen-bond donors (Lipinski definition) is 0. The standard InChI is InChI=1S/C13H21O3PS2/c1-5-9-19-17(14,15-6-2)16-12-7-8-13(18-4)11(3)10-12/h7-8,10H,5-6,9H2,1-4H3. The molecule has 0 aliphatic carbocycles. The second-order valence-electron chi connectivity index (χ2n) is 3.92. The van der Waals surface area contributed by atoms with Crippen LogP contribution < -0.4 is 4.52 Å². The minimum absolute atomic E-state index is 0.385. The first kappa shape index (κ1) is 17.0. The Bertz CT molecular complexity index is 452. The van der Waals surface area contributed by atoms with Crippen molar-refractivity contribution >= 4 is 29.9 Å². The summed E-state index contributed by atoms with van der Waals surface area (Å²) in [4.78, 5) is 1.19. The highest BCUT2D eigenvalue weighted by atomic mass is 32.7. The van der Waals surface area contributed by atoms with Gasteiger partial charge in [-0.2, -0.15) is 0 Å². The molecule has 0 amide bonds. The first-order valence-corrected chi connectivity index (χ1v) is 10.6. The molecule has 0 saturated heterocycles. The van der Waals surface area contributed by atoms with Crippen LogP contribution in [0.25, 0.3) is 0 Å². The predicted molar refractivity (Wildman–Crippen MR) is 85.6 cm³/mol. The minimum atomic E-state index is -3.09. The van der Waals surface area contributed by atoms with E-state index in [0.717, 1.165) is 17.7 Å². The maximum atomic E-state index is 12.5. The molecule has 0 radical (unpaired) electrons. The zero-order chi connectivity index (χ0) is 14.3. The van der Waals surface area contributed by atoms with Gasteiger partial charge in [-0.15, -0.1) is 11.8 Å². The molecule has 0 heterocycles. The topological polar surface area (TPSA) is 35.5 Å². The Balaban J connectivity index is 2.84. The fourth-order valence-corrected chi connectivity index (χ4v) is 5.52. The molecule has 108 valence electrons. The fraction of sp³-hybridized carbons (Fsp3) is 0.538. The molecule has 0 fully saturated rings. The van der Waals surface area contributed by atoms with Gasteiger partial charge in [0.05, 0.1) is 6.61 Å². The van der Waals surface area contributed by atoms with Crippen LogP contribution in [0, 0.1) is 6.92 Å². The number of hydrogen-bond acceptors (Lipinski definition) is 5. The van der Waals surface area contributed by atoms with E-state index in [2.05, 4.69) is 0 Å². The van der Waals surface area contributed by atoms with Crippen LogP contribution in [0.15, 0.2) is 23.1 Å². The maximum Gasteiger partial charge on any atom is 0.440 e. The molecule has 0 aliphatic heterocycles. The molecule has 3 nitrogen and oxygen atoms in total. The molecule has 1 aromatic carbocycles. The molecule has 6 heteroatoms. The Morgan fingerprint density at radius 1 is 1.32 bits per heavy atom. The highest BCUT2D eigenvalue weighted by Gasteiger charge is 2.26. The van der Waals surface area contributed by atoms with Gasteiger partial charge < -0.3 is 4.52 Å². The lowest BCUT2D eigenvalue weighted by Gasteiger charge is -2.18. The fourth-order valence-electron chi connectivity index (χ4n) is 1.49. The molecular formula is C13H21O3PS2. The van der Waals surface area contributed by atoms with E-state index in [9.17, 15) is 4.57 Å². The molecule has 0 saturated carbocycles. The van der Waals surface area contributed by atoms with Gasteiger partial charge in [-0.25, -0.2) is 4.57 Å². The summed E-state index contributed by atoms with van der Waals surface area (Å²) >= 11 is 2.95. The van der Waals surface area contributed by atoms with Crippen molar-refractivity contribution in [2.45, 2.75) is 32.1 Å². The maximum absolute atomic E-state index is 12.5. The molecule has 0 aromatic heterocycles. The number of aryl methyl sites for hydroxylation is 1. The van der Waals surface area contributed by atoms with Crippen molar-refractivity contribution in [1.29, 1.82) is 0 Å². The molecule has 0 bridgehead atoms. The third kappa shape index (κ3) is 5.42. The van der Waals surface area contributed by atoms with Gasteiger partial charge in [0.2, 0.25) is 0 Å². The third-order valence-electron chi connectivity index (χ3n) is 2.32. The molecule has 0 N–H and O–H groups in total. The van der Waals surface area contributed by atoms with Crippen molar-refractivity contribution in [2.75, 3.05) is 18.6 Å². The van der Waals surface area contributed by atoms with Gasteiger partial charge >= 0.3 is 6.80 Å². The molecule has 1 atom stereocenters. The summed E-state index contributed by atoms with van der Waals surface area (Å²) in [7, 11) is 0. The summed E-state index contributed by atoms with van der Waals surface area (Å²) in [5.41, 5.74) is 1.12. The van der Waals surface area contributed by atoms with Gasteiger partial charge in [-0.1, -0.05) is 6.92 Å². The van der Waals surface area contributed by atoms with Gasteiger partial charge in [0.25, 0.3) is 0 Å². The van der Waals surface area contributed by atoms with Crippen molar-refractivity contribution in [1.82, 2.24) is 0 Å². The van der Waals surface area contributed by atoms with Crippen molar-refractivity contribution in [3.05, 3.63) is 23.8 Å². The van der Waals surface area contributed by atoms with Gasteiger partial charge in [0.1, 0.15) is 5.75 Å². The van der Waals surface area contributed by atoms with Gasteiger partial charge in [-0.3, -0.25) is 4.52 Å². The van der Waals surface area contributed by atoms with Crippen LogP contribution in [-0.2, 0) is 9.09 Å². The van der Waals surface area contributed by atoms with Crippen LogP contribution in [0.1, 0.15) is 25.8 Å². The lowest BCUT2D eigenvalue weighted by atomic mass is 10.2. The third-order valence-corrected chi connectivity index (χ3v) is 7.17. The van der Waals surface area contributed by atoms with E-state index >= 15 is 0 Å². The van der Waals surface area contributed by atoms with Crippen LogP contribution in [0.3, 0.4) is 0 Å². The predicted octanol–water partition coefficient (Wildman–Crippen LogP) is 5.38. The Hall–Kier alpha value is -0.0900. The highest BCUT2D eigenvalue weighted by molar-refractivity contribution is 8.55. The largest absolute Gasteiger partial charge is 0.440 e.